The van der Waals surface area contributed by atoms with E-state index >= 15 is 0 Å². The van der Waals surface area contributed by atoms with E-state index in [9.17, 15) is 0 Å². The molecule has 0 fully saturated rings. The molecule has 1 rings (SSSR count). The standard InChI is InChI=1S/C8H11BrN2O/c1-12-8-4-2-3-7(11-10)6(8)5-9/h2-4,11H,5,10H2,1H3. The maximum Gasteiger partial charge on any atom is 0.125 e. The molecule has 4 heteroatoms. The predicted octanol–water partition coefficient (Wildman–Crippen LogP) is 1.88. The summed E-state index contributed by atoms with van der Waals surface area (Å²) in [5, 5.41) is 0.719. The van der Waals surface area contributed by atoms with Gasteiger partial charge in [0.15, 0.2) is 0 Å². The Morgan fingerprint density at radius 1 is 1.58 bits per heavy atom. The van der Waals surface area contributed by atoms with Gasteiger partial charge in [-0.15, -0.1) is 0 Å². The maximum absolute atomic E-state index is 5.32. The monoisotopic (exact) mass is 230 g/mol. The highest BCUT2D eigenvalue weighted by Gasteiger charge is 2.05. The summed E-state index contributed by atoms with van der Waals surface area (Å²) in [6.07, 6.45) is 0. The van der Waals surface area contributed by atoms with Gasteiger partial charge in [-0.3, -0.25) is 5.84 Å². The van der Waals surface area contributed by atoms with Gasteiger partial charge in [0.25, 0.3) is 0 Å². The van der Waals surface area contributed by atoms with Crippen molar-refractivity contribution in [1.29, 1.82) is 0 Å². The molecule has 3 N–H and O–H groups in total. The minimum absolute atomic E-state index is 0.719. The van der Waals surface area contributed by atoms with Crippen molar-refractivity contribution in [1.82, 2.24) is 0 Å². The van der Waals surface area contributed by atoms with Crippen molar-refractivity contribution in [2.75, 3.05) is 12.5 Å². The van der Waals surface area contributed by atoms with Crippen LogP contribution in [0.4, 0.5) is 5.69 Å². The van der Waals surface area contributed by atoms with Crippen LogP contribution in [0.15, 0.2) is 18.2 Å². The maximum atomic E-state index is 5.32. The summed E-state index contributed by atoms with van der Waals surface area (Å²) in [5.74, 6) is 6.16. The fourth-order valence-electron chi connectivity index (χ4n) is 1.03. The quantitative estimate of drug-likeness (QED) is 0.474. The van der Waals surface area contributed by atoms with Gasteiger partial charge in [0.1, 0.15) is 5.75 Å². The second kappa shape index (κ2) is 4.33. The lowest BCUT2D eigenvalue weighted by atomic mass is 10.2. The second-order valence-corrected chi connectivity index (χ2v) is 2.83. The molecule has 66 valence electrons. The number of rotatable bonds is 3. The van der Waals surface area contributed by atoms with Crippen molar-refractivity contribution in [3.05, 3.63) is 23.8 Å². The van der Waals surface area contributed by atoms with Crippen molar-refractivity contribution in [2.45, 2.75) is 5.33 Å². The average molecular weight is 231 g/mol. The molecule has 3 nitrogen and oxygen atoms in total. The molecule has 0 atom stereocenters. The van der Waals surface area contributed by atoms with Crippen LogP contribution in [0.1, 0.15) is 5.56 Å². The molecule has 0 saturated heterocycles. The molecule has 12 heavy (non-hydrogen) atoms. The lowest BCUT2D eigenvalue weighted by Gasteiger charge is -2.10. The van der Waals surface area contributed by atoms with E-state index < -0.39 is 0 Å². The van der Waals surface area contributed by atoms with Gasteiger partial charge in [0.05, 0.1) is 12.8 Å². The number of methoxy groups -OCH3 is 1. The van der Waals surface area contributed by atoms with Crippen molar-refractivity contribution in [2.24, 2.45) is 5.84 Å². The summed E-state index contributed by atoms with van der Waals surface area (Å²) in [5.41, 5.74) is 4.52. The van der Waals surface area contributed by atoms with Crippen LogP contribution >= 0.6 is 15.9 Å². The SMILES string of the molecule is COc1cccc(NN)c1CBr. The molecule has 0 unspecified atom stereocenters. The Labute approximate surface area is 80.0 Å². The highest BCUT2D eigenvalue weighted by Crippen LogP contribution is 2.27. The van der Waals surface area contributed by atoms with E-state index in [0.29, 0.717) is 0 Å². The number of nitrogen functional groups attached to an aromatic ring is 1. The number of alkyl halides is 1. The summed E-state index contributed by atoms with van der Waals surface area (Å²) < 4.78 is 5.15. The van der Waals surface area contributed by atoms with Gasteiger partial charge in [-0.1, -0.05) is 22.0 Å². The fourth-order valence-corrected chi connectivity index (χ4v) is 1.61. The summed E-state index contributed by atoms with van der Waals surface area (Å²) in [6, 6.07) is 5.69. The van der Waals surface area contributed by atoms with E-state index in [-0.39, 0.29) is 0 Å². The first-order valence-corrected chi connectivity index (χ1v) is 4.64. The summed E-state index contributed by atoms with van der Waals surface area (Å²) in [6.45, 7) is 0. The van der Waals surface area contributed by atoms with Crippen molar-refractivity contribution in [3.63, 3.8) is 0 Å². The second-order valence-electron chi connectivity index (χ2n) is 2.26. The summed E-state index contributed by atoms with van der Waals surface area (Å²) >= 11 is 3.37. The van der Waals surface area contributed by atoms with Crippen LogP contribution in [-0.2, 0) is 5.33 Å². The van der Waals surface area contributed by atoms with Gasteiger partial charge in [-0.25, -0.2) is 0 Å². The Morgan fingerprint density at radius 2 is 2.33 bits per heavy atom. The normalized spacial score (nSPS) is 9.58. The zero-order valence-corrected chi connectivity index (χ0v) is 8.39. The van der Waals surface area contributed by atoms with Crippen molar-refractivity contribution < 1.29 is 4.74 Å². The van der Waals surface area contributed by atoms with E-state index in [1.165, 1.54) is 0 Å². The van der Waals surface area contributed by atoms with Gasteiger partial charge in [0, 0.05) is 10.9 Å². The zero-order chi connectivity index (χ0) is 8.97. The average Bonchev–Trinajstić information content (AvgIpc) is 2.16. The molecule has 0 aromatic heterocycles. The van der Waals surface area contributed by atoms with Crippen LogP contribution < -0.4 is 16.0 Å². The van der Waals surface area contributed by atoms with Crippen LogP contribution in [0.3, 0.4) is 0 Å². The lowest BCUT2D eigenvalue weighted by molar-refractivity contribution is 0.411. The van der Waals surface area contributed by atoms with Crippen LogP contribution in [0.25, 0.3) is 0 Å². The van der Waals surface area contributed by atoms with Gasteiger partial charge < -0.3 is 10.2 Å². The minimum Gasteiger partial charge on any atom is -0.496 e. The number of ether oxygens (including phenoxy) is 1. The lowest BCUT2D eigenvalue weighted by Crippen LogP contribution is -2.09. The fraction of sp³-hybridized carbons (Fsp3) is 0.250. The van der Waals surface area contributed by atoms with Crippen LogP contribution in [0.5, 0.6) is 5.75 Å². The molecule has 0 aliphatic heterocycles. The molecule has 0 bridgehead atoms. The highest BCUT2D eigenvalue weighted by atomic mass is 79.9. The Balaban J connectivity index is 3.13. The molecule has 0 radical (unpaired) electrons. The van der Waals surface area contributed by atoms with E-state index in [2.05, 4.69) is 21.4 Å². The molecular formula is C8H11BrN2O. The zero-order valence-electron chi connectivity index (χ0n) is 6.80. The number of hydrogen-bond acceptors (Lipinski definition) is 3. The largest absolute Gasteiger partial charge is 0.496 e. The number of hydrogen-bond donors (Lipinski definition) is 2. The number of halogens is 1. The van der Waals surface area contributed by atoms with Gasteiger partial charge >= 0.3 is 0 Å². The topological polar surface area (TPSA) is 47.3 Å². The molecule has 0 spiro atoms. The smallest absolute Gasteiger partial charge is 0.125 e. The number of nitrogens with one attached hydrogen (secondary N) is 1. The van der Waals surface area contributed by atoms with Gasteiger partial charge in [0.2, 0.25) is 0 Å². The van der Waals surface area contributed by atoms with Gasteiger partial charge in [-0.05, 0) is 12.1 Å². The van der Waals surface area contributed by atoms with Gasteiger partial charge in [-0.2, -0.15) is 0 Å². The first kappa shape index (κ1) is 9.35. The minimum atomic E-state index is 0.719. The third kappa shape index (κ3) is 1.70. The van der Waals surface area contributed by atoms with Crippen LogP contribution in [-0.4, -0.2) is 7.11 Å². The van der Waals surface area contributed by atoms with E-state index in [1.54, 1.807) is 7.11 Å². The third-order valence-corrected chi connectivity index (χ3v) is 2.20. The van der Waals surface area contributed by atoms with Crippen LogP contribution in [0, 0.1) is 0 Å². The predicted molar refractivity (Wildman–Crippen MR) is 53.4 cm³/mol. The van der Waals surface area contributed by atoms with Crippen molar-refractivity contribution in [3.8, 4) is 5.75 Å². The number of nitrogens with two attached hydrogens (primary N) is 1. The first-order valence-electron chi connectivity index (χ1n) is 3.52. The molecule has 1 aromatic rings. The molecule has 0 heterocycles. The Hall–Kier alpha value is -0.740. The summed E-state index contributed by atoms with van der Waals surface area (Å²) in [4.78, 5) is 0. The van der Waals surface area contributed by atoms with E-state index in [0.717, 1.165) is 22.3 Å². The van der Waals surface area contributed by atoms with Crippen LogP contribution in [0.2, 0.25) is 0 Å². The highest BCUT2D eigenvalue weighted by molar-refractivity contribution is 9.08. The number of hydrazine groups is 1. The number of benzene rings is 1. The number of anilines is 1. The van der Waals surface area contributed by atoms with Crippen molar-refractivity contribution >= 4 is 21.6 Å². The van der Waals surface area contributed by atoms with E-state index in [1.807, 2.05) is 18.2 Å². The molecule has 0 aliphatic carbocycles. The molecular weight excluding hydrogens is 220 g/mol. The molecule has 0 saturated carbocycles. The molecule has 1 aromatic carbocycles. The Kier molecular flexibility index (Phi) is 3.37. The Bertz CT molecular complexity index is 243. The summed E-state index contributed by atoms with van der Waals surface area (Å²) in [7, 11) is 1.64. The van der Waals surface area contributed by atoms with E-state index in [4.69, 9.17) is 10.6 Å². The molecule has 0 aliphatic rings. The molecule has 0 amide bonds. The third-order valence-electron chi connectivity index (χ3n) is 1.64. The Morgan fingerprint density at radius 3 is 2.83 bits per heavy atom. The first-order chi connectivity index (χ1) is 5.83.